The molecule has 31 heavy (non-hydrogen) atoms. The van der Waals surface area contributed by atoms with E-state index in [0.29, 0.717) is 15.8 Å². The number of rotatable bonds is 7. The second-order valence-electron chi connectivity index (χ2n) is 7.62. The summed E-state index contributed by atoms with van der Waals surface area (Å²) >= 11 is 3.08. The number of hydrogen-bond donors (Lipinski definition) is 1. The summed E-state index contributed by atoms with van der Waals surface area (Å²) in [5, 5.41) is 11.4. The van der Waals surface area contributed by atoms with Crippen LogP contribution in [0.1, 0.15) is 11.5 Å². The van der Waals surface area contributed by atoms with Crippen LogP contribution in [0.4, 0.5) is 0 Å². The average Bonchev–Trinajstić information content (AvgIpc) is 2.82. The summed E-state index contributed by atoms with van der Waals surface area (Å²) in [4.78, 5) is 12.6. The van der Waals surface area contributed by atoms with Crippen molar-refractivity contribution in [3.05, 3.63) is 126 Å². The van der Waals surface area contributed by atoms with Gasteiger partial charge < -0.3 is 0 Å². The summed E-state index contributed by atoms with van der Waals surface area (Å²) in [6.07, 6.45) is 0. The van der Waals surface area contributed by atoms with E-state index in [4.69, 9.17) is 11.6 Å². The van der Waals surface area contributed by atoms with Crippen LogP contribution in [0.2, 0.25) is 10.3 Å². The third-order valence-electron chi connectivity index (χ3n) is 5.89. The van der Waals surface area contributed by atoms with Gasteiger partial charge in [0, 0.05) is 0 Å². The molecular weight excluding hydrogens is 464 g/mol. The molecule has 1 unspecified atom stereocenters. The SMILES string of the molecule is O=C(O)C([CH2][Ge]([c]1ccccc1)([c]1ccccc1)[c]1ccccc1)c1ccccc1Cl. The van der Waals surface area contributed by atoms with Crippen LogP contribution in [-0.4, -0.2) is 24.3 Å². The summed E-state index contributed by atoms with van der Waals surface area (Å²) in [5.41, 5.74) is 0.675. The van der Waals surface area contributed by atoms with Gasteiger partial charge in [-0.05, 0) is 0 Å². The van der Waals surface area contributed by atoms with E-state index >= 15 is 0 Å². The predicted molar refractivity (Wildman–Crippen MR) is 131 cm³/mol. The molecule has 4 aromatic rings. The van der Waals surface area contributed by atoms with Crippen LogP contribution < -0.4 is 13.2 Å². The zero-order valence-electron chi connectivity index (χ0n) is 17.0. The van der Waals surface area contributed by atoms with Crippen molar-refractivity contribution in [3.63, 3.8) is 0 Å². The number of halogens is 1. The third-order valence-corrected chi connectivity index (χ3v) is 16.7. The monoisotopic (exact) mass is 488 g/mol. The van der Waals surface area contributed by atoms with E-state index in [1.165, 1.54) is 13.2 Å². The molecule has 0 spiro atoms. The average molecular weight is 488 g/mol. The van der Waals surface area contributed by atoms with E-state index < -0.39 is 25.2 Å². The number of carboxylic acid groups (broad SMARTS) is 1. The first-order valence-electron chi connectivity index (χ1n) is 10.3. The van der Waals surface area contributed by atoms with Gasteiger partial charge in [0.1, 0.15) is 0 Å². The molecule has 0 aromatic heterocycles. The number of aliphatic carboxylic acids is 1. The normalized spacial score (nSPS) is 12.3. The minimum absolute atomic E-state index is 0.500. The molecule has 154 valence electrons. The number of carboxylic acids is 1. The van der Waals surface area contributed by atoms with Gasteiger partial charge in [-0.25, -0.2) is 0 Å². The molecule has 0 aliphatic rings. The van der Waals surface area contributed by atoms with Crippen molar-refractivity contribution in [2.75, 3.05) is 0 Å². The van der Waals surface area contributed by atoms with E-state index in [1.807, 2.05) is 72.8 Å². The fourth-order valence-electron chi connectivity index (χ4n) is 4.42. The van der Waals surface area contributed by atoms with Crippen LogP contribution in [0.5, 0.6) is 0 Å². The molecule has 4 aromatic carbocycles. The van der Waals surface area contributed by atoms with Crippen LogP contribution in [0, 0.1) is 0 Å². The van der Waals surface area contributed by atoms with Gasteiger partial charge in [0.05, 0.1) is 0 Å². The topological polar surface area (TPSA) is 37.3 Å². The second kappa shape index (κ2) is 9.55. The van der Waals surface area contributed by atoms with Gasteiger partial charge in [-0.1, -0.05) is 0 Å². The van der Waals surface area contributed by atoms with Crippen molar-refractivity contribution in [2.24, 2.45) is 0 Å². The second-order valence-corrected chi connectivity index (χ2v) is 16.3. The van der Waals surface area contributed by atoms with E-state index in [9.17, 15) is 9.90 Å². The van der Waals surface area contributed by atoms with Gasteiger partial charge in [0.2, 0.25) is 0 Å². The molecule has 4 heteroatoms. The Balaban J connectivity index is 2.00. The molecule has 1 N–H and O–H groups in total. The first-order valence-corrected chi connectivity index (χ1v) is 15.3. The predicted octanol–water partition coefficient (Wildman–Crippen LogP) is 4.68. The molecule has 2 nitrogen and oxygen atoms in total. The van der Waals surface area contributed by atoms with Crippen molar-refractivity contribution in [1.29, 1.82) is 0 Å². The van der Waals surface area contributed by atoms with Crippen LogP contribution >= 0.6 is 11.6 Å². The Morgan fingerprint density at radius 1 is 0.677 bits per heavy atom. The molecule has 1 atom stereocenters. The standard InChI is InChI=1S/C27H23ClGeO2/c28-26-19-11-10-18-24(26)25(27(30)31)20-29(21-12-4-1-5-13-21,22-14-6-2-7-15-22)23-16-8-3-9-17-23/h1-19,25H,20H2,(H,30,31). The molecule has 0 radical (unpaired) electrons. The molecule has 0 saturated heterocycles. The van der Waals surface area contributed by atoms with Crippen molar-refractivity contribution in [1.82, 2.24) is 0 Å². The van der Waals surface area contributed by atoms with Gasteiger partial charge in [0.15, 0.2) is 0 Å². The summed E-state index contributed by atoms with van der Waals surface area (Å²) in [6.45, 7) is 0. The Kier molecular flexibility index (Phi) is 6.59. The maximum atomic E-state index is 12.6. The van der Waals surface area contributed by atoms with Crippen molar-refractivity contribution in [3.8, 4) is 0 Å². The zero-order chi connectivity index (χ0) is 21.7. The Morgan fingerprint density at radius 3 is 1.45 bits per heavy atom. The first-order chi connectivity index (χ1) is 15.1. The molecule has 0 aliphatic heterocycles. The first kappa shape index (κ1) is 21.4. The van der Waals surface area contributed by atoms with Crippen LogP contribution in [0.25, 0.3) is 0 Å². The van der Waals surface area contributed by atoms with Crippen molar-refractivity contribution < 1.29 is 9.90 Å². The van der Waals surface area contributed by atoms with E-state index in [1.54, 1.807) is 6.07 Å². The molecule has 0 amide bonds. The molecule has 0 heterocycles. The van der Waals surface area contributed by atoms with Crippen molar-refractivity contribution in [2.45, 2.75) is 11.2 Å². The summed E-state index contributed by atoms with van der Waals surface area (Å²) in [7, 11) is 0. The minimum atomic E-state index is -3.41. The Hall–Kier alpha value is -2.82. The van der Waals surface area contributed by atoms with E-state index in [2.05, 4.69) is 36.4 Å². The van der Waals surface area contributed by atoms with Gasteiger partial charge in [-0.2, -0.15) is 0 Å². The van der Waals surface area contributed by atoms with E-state index in [-0.39, 0.29) is 0 Å². The van der Waals surface area contributed by atoms with Crippen molar-refractivity contribution >= 4 is 44.0 Å². The molecule has 4 rings (SSSR count). The maximum absolute atomic E-state index is 12.6. The van der Waals surface area contributed by atoms with Gasteiger partial charge >= 0.3 is 191 Å². The molecule has 0 fully saturated rings. The fraction of sp³-hybridized carbons (Fsp3) is 0.0741. The number of hydrogen-bond acceptors (Lipinski definition) is 1. The van der Waals surface area contributed by atoms with Gasteiger partial charge in [-0.15, -0.1) is 0 Å². The molecular formula is C27H23ClGeO2. The Bertz CT molecular complexity index is 1050. The summed E-state index contributed by atoms with van der Waals surface area (Å²) in [5.74, 6) is -1.54. The number of benzene rings is 4. The van der Waals surface area contributed by atoms with Crippen LogP contribution in [0.3, 0.4) is 0 Å². The molecule has 0 bridgehead atoms. The number of carbonyl (C=O) groups is 1. The molecule has 0 saturated carbocycles. The fourth-order valence-corrected chi connectivity index (χ4v) is 15.2. The Morgan fingerprint density at radius 2 is 1.06 bits per heavy atom. The summed E-state index contributed by atoms with van der Waals surface area (Å²) < 4.78 is 3.70. The third kappa shape index (κ3) is 4.32. The summed E-state index contributed by atoms with van der Waals surface area (Å²) in [6, 6.07) is 38.6. The van der Waals surface area contributed by atoms with Crippen LogP contribution in [0.15, 0.2) is 115 Å². The van der Waals surface area contributed by atoms with Gasteiger partial charge in [0.25, 0.3) is 0 Å². The van der Waals surface area contributed by atoms with Gasteiger partial charge in [-0.3, -0.25) is 0 Å². The Labute approximate surface area is 190 Å². The van der Waals surface area contributed by atoms with Crippen LogP contribution in [-0.2, 0) is 4.79 Å². The quantitative estimate of drug-likeness (QED) is 0.385. The van der Waals surface area contributed by atoms with E-state index in [0.717, 1.165) is 0 Å². The zero-order valence-corrected chi connectivity index (χ0v) is 19.8. The molecule has 0 aliphatic carbocycles.